The maximum atomic E-state index is 11.4. The van der Waals surface area contributed by atoms with E-state index in [0.29, 0.717) is 12.3 Å². The SMILES string of the molecule is CCN(C)C(=O)CCC(C)CCN. The summed E-state index contributed by atoms with van der Waals surface area (Å²) in [5.41, 5.74) is 5.43. The van der Waals surface area contributed by atoms with E-state index in [0.717, 1.165) is 25.9 Å². The smallest absolute Gasteiger partial charge is 0.222 e. The van der Waals surface area contributed by atoms with Crippen LogP contribution in [0.2, 0.25) is 0 Å². The van der Waals surface area contributed by atoms with Crippen LogP contribution in [0, 0.1) is 5.92 Å². The Balaban J connectivity index is 3.57. The number of hydrogen-bond donors (Lipinski definition) is 1. The summed E-state index contributed by atoms with van der Waals surface area (Å²) in [6.45, 7) is 5.65. The molecule has 0 aliphatic rings. The van der Waals surface area contributed by atoms with E-state index in [1.54, 1.807) is 4.90 Å². The molecule has 0 aliphatic carbocycles. The molecule has 0 heterocycles. The van der Waals surface area contributed by atoms with Crippen molar-refractivity contribution in [3.8, 4) is 0 Å². The molecule has 1 unspecified atom stereocenters. The zero-order valence-electron chi connectivity index (χ0n) is 9.05. The minimum absolute atomic E-state index is 0.242. The van der Waals surface area contributed by atoms with E-state index in [1.807, 2.05) is 14.0 Å². The van der Waals surface area contributed by atoms with Crippen molar-refractivity contribution in [2.24, 2.45) is 11.7 Å². The summed E-state index contributed by atoms with van der Waals surface area (Å²) in [6.07, 6.45) is 2.63. The summed E-state index contributed by atoms with van der Waals surface area (Å²) in [5, 5.41) is 0. The van der Waals surface area contributed by atoms with Gasteiger partial charge in [-0.05, 0) is 32.2 Å². The van der Waals surface area contributed by atoms with Gasteiger partial charge in [-0.1, -0.05) is 6.92 Å². The Morgan fingerprint density at radius 1 is 1.46 bits per heavy atom. The molecule has 1 amide bonds. The number of amides is 1. The second-order valence-corrected chi connectivity index (χ2v) is 3.63. The van der Waals surface area contributed by atoms with E-state index in [-0.39, 0.29) is 5.91 Å². The first-order valence-electron chi connectivity index (χ1n) is 5.05. The van der Waals surface area contributed by atoms with E-state index in [4.69, 9.17) is 5.73 Å². The van der Waals surface area contributed by atoms with Gasteiger partial charge in [0.05, 0.1) is 0 Å². The number of carbonyl (C=O) groups is 1. The summed E-state index contributed by atoms with van der Waals surface area (Å²) < 4.78 is 0. The molecular weight excluding hydrogens is 164 g/mol. The first-order chi connectivity index (χ1) is 6.11. The van der Waals surface area contributed by atoms with Crippen LogP contribution in [-0.4, -0.2) is 30.9 Å². The van der Waals surface area contributed by atoms with Crippen molar-refractivity contribution < 1.29 is 4.79 Å². The van der Waals surface area contributed by atoms with Gasteiger partial charge in [0.2, 0.25) is 5.91 Å². The fourth-order valence-corrected chi connectivity index (χ4v) is 1.17. The monoisotopic (exact) mass is 186 g/mol. The molecule has 13 heavy (non-hydrogen) atoms. The second kappa shape index (κ2) is 6.89. The van der Waals surface area contributed by atoms with Crippen molar-refractivity contribution in [3.63, 3.8) is 0 Å². The third kappa shape index (κ3) is 5.64. The third-order valence-corrected chi connectivity index (χ3v) is 2.41. The second-order valence-electron chi connectivity index (χ2n) is 3.63. The fourth-order valence-electron chi connectivity index (χ4n) is 1.17. The largest absolute Gasteiger partial charge is 0.346 e. The Morgan fingerprint density at radius 3 is 2.54 bits per heavy atom. The van der Waals surface area contributed by atoms with Gasteiger partial charge in [-0.25, -0.2) is 0 Å². The van der Waals surface area contributed by atoms with Gasteiger partial charge in [0.1, 0.15) is 0 Å². The van der Waals surface area contributed by atoms with Crippen molar-refractivity contribution in [2.45, 2.75) is 33.1 Å². The Labute approximate surface area is 81.3 Å². The lowest BCUT2D eigenvalue weighted by molar-refractivity contribution is -0.130. The first-order valence-corrected chi connectivity index (χ1v) is 5.05. The fraction of sp³-hybridized carbons (Fsp3) is 0.900. The highest BCUT2D eigenvalue weighted by atomic mass is 16.2. The number of hydrogen-bond acceptors (Lipinski definition) is 2. The van der Waals surface area contributed by atoms with Crippen LogP contribution in [0.5, 0.6) is 0 Å². The van der Waals surface area contributed by atoms with Gasteiger partial charge in [0.15, 0.2) is 0 Å². The van der Waals surface area contributed by atoms with Gasteiger partial charge in [0.25, 0.3) is 0 Å². The van der Waals surface area contributed by atoms with Crippen molar-refractivity contribution >= 4 is 5.91 Å². The van der Waals surface area contributed by atoms with E-state index >= 15 is 0 Å². The van der Waals surface area contributed by atoms with Crippen LogP contribution in [0.3, 0.4) is 0 Å². The Hall–Kier alpha value is -0.570. The number of nitrogens with two attached hydrogens (primary N) is 1. The summed E-state index contributed by atoms with van der Waals surface area (Å²) in [5.74, 6) is 0.811. The molecule has 0 bridgehead atoms. The molecule has 0 aliphatic heterocycles. The highest BCUT2D eigenvalue weighted by Gasteiger charge is 2.08. The van der Waals surface area contributed by atoms with E-state index < -0.39 is 0 Å². The standard InChI is InChI=1S/C10H22N2O/c1-4-12(3)10(13)6-5-9(2)7-8-11/h9H,4-8,11H2,1-3H3. The van der Waals surface area contributed by atoms with Crippen LogP contribution in [0.25, 0.3) is 0 Å². The van der Waals surface area contributed by atoms with Gasteiger partial charge < -0.3 is 10.6 Å². The molecule has 0 saturated carbocycles. The molecule has 0 aromatic rings. The highest BCUT2D eigenvalue weighted by molar-refractivity contribution is 5.75. The van der Waals surface area contributed by atoms with E-state index in [9.17, 15) is 4.79 Å². The molecule has 0 saturated heterocycles. The zero-order chi connectivity index (χ0) is 10.3. The van der Waals surface area contributed by atoms with Gasteiger partial charge in [-0.3, -0.25) is 4.79 Å². The molecule has 0 radical (unpaired) electrons. The Morgan fingerprint density at radius 2 is 2.08 bits per heavy atom. The van der Waals surface area contributed by atoms with Crippen LogP contribution in [0.15, 0.2) is 0 Å². The predicted octanol–water partition coefficient (Wildman–Crippen LogP) is 1.23. The highest BCUT2D eigenvalue weighted by Crippen LogP contribution is 2.09. The molecule has 0 aromatic heterocycles. The van der Waals surface area contributed by atoms with Crippen LogP contribution >= 0.6 is 0 Å². The lowest BCUT2D eigenvalue weighted by Crippen LogP contribution is -2.26. The maximum Gasteiger partial charge on any atom is 0.222 e. The van der Waals surface area contributed by atoms with Crippen molar-refractivity contribution in [3.05, 3.63) is 0 Å². The lowest BCUT2D eigenvalue weighted by Gasteiger charge is -2.15. The summed E-state index contributed by atoms with van der Waals surface area (Å²) in [4.78, 5) is 13.1. The maximum absolute atomic E-state index is 11.4. The van der Waals surface area contributed by atoms with E-state index in [1.165, 1.54) is 0 Å². The van der Waals surface area contributed by atoms with Gasteiger partial charge in [0, 0.05) is 20.0 Å². The predicted molar refractivity (Wildman–Crippen MR) is 55.4 cm³/mol. The summed E-state index contributed by atoms with van der Waals surface area (Å²) >= 11 is 0. The average molecular weight is 186 g/mol. The number of nitrogens with zero attached hydrogens (tertiary/aromatic N) is 1. The molecule has 0 aromatic carbocycles. The summed E-state index contributed by atoms with van der Waals surface area (Å²) in [6, 6.07) is 0. The number of carbonyl (C=O) groups excluding carboxylic acids is 1. The molecular formula is C10H22N2O. The van der Waals surface area contributed by atoms with Crippen molar-refractivity contribution in [1.29, 1.82) is 0 Å². The van der Waals surface area contributed by atoms with Crippen molar-refractivity contribution in [1.82, 2.24) is 4.90 Å². The molecule has 0 spiro atoms. The molecule has 0 rings (SSSR count). The van der Waals surface area contributed by atoms with Gasteiger partial charge in [-0.15, -0.1) is 0 Å². The van der Waals surface area contributed by atoms with Crippen LogP contribution in [0.1, 0.15) is 33.1 Å². The van der Waals surface area contributed by atoms with Gasteiger partial charge >= 0.3 is 0 Å². The Bertz CT molecular complexity index is 148. The zero-order valence-corrected chi connectivity index (χ0v) is 9.05. The third-order valence-electron chi connectivity index (χ3n) is 2.41. The molecule has 1 atom stereocenters. The minimum atomic E-state index is 0.242. The Kier molecular flexibility index (Phi) is 6.59. The first kappa shape index (κ1) is 12.4. The van der Waals surface area contributed by atoms with E-state index in [2.05, 4.69) is 6.92 Å². The molecule has 3 heteroatoms. The average Bonchev–Trinajstić information content (AvgIpc) is 2.13. The molecule has 78 valence electrons. The summed E-state index contributed by atoms with van der Waals surface area (Å²) in [7, 11) is 1.84. The van der Waals surface area contributed by atoms with Crippen LogP contribution < -0.4 is 5.73 Å². The van der Waals surface area contributed by atoms with Gasteiger partial charge in [-0.2, -0.15) is 0 Å². The molecule has 3 nitrogen and oxygen atoms in total. The normalized spacial score (nSPS) is 12.6. The lowest BCUT2D eigenvalue weighted by atomic mass is 10.0. The molecule has 2 N–H and O–H groups in total. The van der Waals surface area contributed by atoms with Crippen LogP contribution in [-0.2, 0) is 4.79 Å². The van der Waals surface area contributed by atoms with Crippen molar-refractivity contribution in [2.75, 3.05) is 20.1 Å². The quantitative estimate of drug-likeness (QED) is 0.678. The topological polar surface area (TPSA) is 46.3 Å². The number of rotatable bonds is 6. The van der Waals surface area contributed by atoms with Crippen LogP contribution in [0.4, 0.5) is 0 Å². The molecule has 0 fully saturated rings. The minimum Gasteiger partial charge on any atom is -0.346 e.